The van der Waals surface area contributed by atoms with Crippen molar-refractivity contribution < 1.29 is 4.42 Å². The number of aromatic nitrogens is 1. The Kier molecular flexibility index (Phi) is 6.21. The van der Waals surface area contributed by atoms with Crippen molar-refractivity contribution in [3.05, 3.63) is 169 Å². The minimum atomic E-state index is 0.915. The van der Waals surface area contributed by atoms with E-state index in [9.17, 15) is 0 Å². The fourth-order valence-electron chi connectivity index (χ4n) is 7.09. The van der Waals surface area contributed by atoms with Gasteiger partial charge in [0.05, 0.1) is 11.0 Å². The predicted octanol–water partition coefficient (Wildman–Crippen LogP) is 11.6. The zero-order valence-electron chi connectivity index (χ0n) is 25.2. The van der Waals surface area contributed by atoms with Gasteiger partial charge in [0.2, 0.25) is 0 Å². The van der Waals surface area contributed by atoms with Crippen molar-refractivity contribution in [1.29, 1.82) is 0 Å². The second kappa shape index (κ2) is 10.8. The molecule has 2 nitrogen and oxygen atoms in total. The number of hydrogen-bond donors (Lipinski definition) is 0. The van der Waals surface area contributed by atoms with Gasteiger partial charge in [-0.05, 0) is 66.4 Å². The average Bonchev–Trinajstić information content (AvgIpc) is 3.68. The molecule has 9 rings (SSSR count). The Morgan fingerprint density at radius 2 is 1.35 bits per heavy atom. The Balaban J connectivity index is 1.37. The molecular formula is C44H29NO. The van der Waals surface area contributed by atoms with Crippen LogP contribution in [0.4, 0.5) is 0 Å². The molecule has 0 spiro atoms. The van der Waals surface area contributed by atoms with Crippen LogP contribution in [0.2, 0.25) is 0 Å². The molecule has 2 aromatic heterocycles. The fourth-order valence-corrected chi connectivity index (χ4v) is 7.09. The van der Waals surface area contributed by atoms with Gasteiger partial charge in [0.15, 0.2) is 0 Å². The van der Waals surface area contributed by atoms with Gasteiger partial charge in [-0.3, -0.25) is 0 Å². The van der Waals surface area contributed by atoms with Crippen molar-refractivity contribution in [3.63, 3.8) is 0 Å². The monoisotopic (exact) mass is 587 g/mol. The minimum absolute atomic E-state index is 0.915. The minimum Gasteiger partial charge on any atom is -0.455 e. The summed E-state index contributed by atoms with van der Waals surface area (Å²) in [5.74, 6) is 1.84. The lowest BCUT2D eigenvalue weighted by Crippen LogP contribution is -1.96. The molecule has 1 aliphatic rings. The number of allylic oxidation sites excluding steroid dienone is 1. The maximum atomic E-state index is 7.15. The van der Waals surface area contributed by atoms with Gasteiger partial charge in [-0.15, -0.1) is 0 Å². The van der Waals surface area contributed by atoms with E-state index in [1.807, 2.05) is 12.1 Å². The molecule has 46 heavy (non-hydrogen) atoms. The fraction of sp³-hybridized carbons (Fsp3) is 0.0455. The Labute approximate surface area is 268 Å². The molecule has 0 amide bonds. The molecule has 0 atom stereocenters. The summed E-state index contributed by atoms with van der Waals surface area (Å²) in [4.78, 5) is 0. The van der Waals surface area contributed by atoms with Crippen LogP contribution < -0.4 is 0 Å². The van der Waals surface area contributed by atoms with Crippen molar-refractivity contribution in [2.45, 2.75) is 12.8 Å². The standard InChI is InChI=1S/C44H29NO/c1-4-16-30(17-5-1)33-22-10-11-24-35(33)43-36-25-12-13-26-37(36)44(46-43)40-29-42-39(28-38(40)31-18-6-2-7-19-31)34-23-14-15-27-41(34)45(42)32-20-8-3-9-21-32/h1-6,8-12,14-18,20-25,27-29H,13,26H2. The Morgan fingerprint density at radius 3 is 2.17 bits per heavy atom. The van der Waals surface area contributed by atoms with Crippen molar-refractivity contribution >= 4 is 27.9 Å². The van der Waals surface area contributed by atoms with Crippen molar-refractivity contribution in [3.8, 4) is 50.6 Å². The topological polar surface area (TPSA) is 18.1 Å². The first-order valence-corrected chi connectivity index (χ1v) is 15.8. The molecule has 2 heteroatoms. The molecule has 1 aliphatic carbocycles. The number of furan rings is 1. The maximum absolute atomic E-state index is 7.15. The second-order valence-electron chi connectivity index (χ2n) is 11.8. The maximum Gasteiger partial charge on any atom is 0.142 e. The molecule has 0 saturated heterocycles. The molecule has 216 valence electrons. The highest BCUT2D eigenvalue weighted by molar-refractivity contribution is 6.12. The van der Waals surface area contributed by atoms with Gasteiger partial charge in [0, 0.05) is 49.8 Å². The molecule has 0 aliphatic heterocycles. The van der Waals surface area contributed by atoms with E-state index in [2.05, 4.69) is 156 Å². The van der Waals surface area contributed by atoms with E-state index < -0.39 is 0 Å². The zero-order valence-corrected chi connectivity index (χ0v) is 25.2. The number of nitrogens with zero attached hydrogens (tertiary/aromatic N) is 1. The summed E-state index contributed by atoms with van der Waals surface area (Å²) in [7, 11) is 0. The lowest BCUT2D eigenvalue weighted by atomic mass is 9.89. The van der Waals surface area contributed by atoms with Gasteiger partial charge in [-0.2, -0.15) is 0 Å². The van der Waals surface area contributed by atoms with Crippen LogP contribution in [0, 0.1) is 12.1 Å². The summed E-state index contributed by atoms with van der Waals surface area (Å²) < 4.78 is 9.52. The van der Waals surface area contributed by atoms with Crippen LogP contribution in [0.25, 0.3) is 78.5 Å². The molecular weight excluding hydrogens is 558 g/mol. The molecule has 0 N–H and O–H groups in total. The van der Waals surface area contributed by atoms with Crippen LogP contribution in [0.5, 0.6) is 0 Å². The summed E-state index contributed by atoms with van der Waals surface area (Å²) in [5.41, 5.74) is 12.5. The average molecular weight is 588 g/mol. The highest BCUT2D eigenvalue weighted by atomic mass is 16.3. The molecule has 0 fully saturated rings. The van der Waals surface area contributed by atoms with Crippen LogP contribution in [-0.4, -0.2) is 4.57 Å². The predicted molar refractivity (Wildman–Crippen MR) is 190 cm³/mol. The summed E-state index contributed by atoms with van der Waals surface area (Å²) in [5, 5.41) is 2.42. The van der Waals surface area contributed by atoms with Crippen LogP contribution in [0.15, 0.2) is 150 Å². The van der Waals surface area contributed by atoms with E-state index in [1.165, 1.54) is 33.0 Å². The SMILES string of the molecule is c1cccc(-c2cc3c4ccccc4n(-c4ccccc4)c3cc2-c2oc(-c3ccccc3-c3ccccc3)c3c2CCC=C3)c#1. The van der Waals surface area contributed by atoms with E-state index in [0.29, 0.717) is 0 Å². The lowest BCUT2D eigenvalue weighted by molar-refractivity contribution is 0.594. The van der Waals surface area contributed by atoms with E-state index in [4.69, 9.17) is 4.42 Å². The smallest absolute Gasteiger partial charge is 0.142 e. The van der Waals surface area contributed by atoms with Gasteiger partial charge in [-0.1, -0.05) is 121 Å². The third kappa shape index (κ3) is 4.21. The van der Waals surface area contributed by atoms with Crippen LogP contribution in [0.1, 0.15) is 17.5 Å². The first-order valence-electron chi connectivity index (χ1n) is 15.8. The molecule has 0 unspecified atom stereocenters. The van der Waals surface area contributed by atoms with E-state index in [1.54, 1.807) is 0 Å². The van der Waals surface area contributed by atoms with Crippen molar-refractivity contribution in [1.82, 2.24) is 4.57 Å². The largest absolute Gasteiger partial charge is 0.455 e. The third-order valence-electron chi connectivity index (χ3n) is 9.16. The van der Waals surface area contributed by atoms with Gasteiger partial charge in [0.25, 0.3) is 0 Å². The van der Waals surface area contributed by atoms with Gasteiger partial charge < -0.3 is 8.98 Å². The van der Waals surface area contributed by atoms with E-state index in [-0.39, 0.29) is 0 Å². The second-order valence-corrected chi connectivity index (χ2v) is 11.8. The number of benzene rings is 5. The number of rotatable bonds is 5. The van der Waals surface area contributed by atoms with Crippen LogP contribution >= 0.6 is 0 Å². The number of fused-ring (bicyclic) bond motifs is 4. The quantitative estimate of drug-likeness (QED) is 0.196. The van der Waals surface area contributed by atoms with Crippen LogP contribution in [0.3, 0.4) is 0 Å². The van der Waals surface area contributed by atoms with E-state index in [0.717, 1.165) is 63.4 Å². The van der Waals surface area contributed by atoms with Gasteiger partial charge >= 0.3 is 0 Å². The summed E-state index contributed by atoms with van der Waals surface area (Å²) in [6.07, 6.45) is 6.42. The third-order valence-corrected chi connectivity index (χ3v) is 9.16. The van der Waals surface area contributed by atoms with Crippen molar-refractivity contribution in [2.24, 2.45) is 0 Å². The normalized spacial score (nSPS) is 12.3. The highest BCUT2D eigenvalue weighted by Gasteiger charge is 2.27. The molecule has 0 radical (unpaired) electrons. The lowest BCUT2D eigenvalue weighted by Gasteiger charge is -2.13. The van der Waals surface area contributed by atoms with Crippen LogP contribution in [-0.2, 0) is 6.42 Å². The van der Waals surface area contributed by atoms with Gasteiger partial charge in [-0.25, -0.2) is 0 Å². The zero-order chi connectivity index (χ0) is 30.5. The Bertz CT molecular complexity index is 2390. The summed E-state index contributed by atoms with van der Waals surface area (Å²) in [6.45, 7) is 0. The van der Waals surface area contributed by atoms with Gasteiger partial charge in [0.1, 0.15) is 11.5 Å². The Hall–Kier alpha value is -6.04. The summed E-state index contributed by atoms with van der Waals surface area (Å²) in [6, 6.07) is 55.8. The molecule has 6 aromatic carbocycles. The first kappa shape index (κ1) is 26.4. The highest BCUT2D eigenvalue weighted by Crippen LogP contribution is 2.47. The molecule has 0 bridgehead atoms. The van der Waals surface area contributed by atoms with E-state index >= 15 is 0 Å². The summed E-state index contributed by atoms with van der Waals surface area (Å²) >= 11 is 0. The molecule has 8 aromatic rings. The van der Waals surface area contributed by atoms with Crippen molar-refractivity contribution in [2.75, 3.05) is 0 Å². The number of hydrogen-bond acceptors (Lipinski definition) is 1. The molecule has 0 saturated carbocycles. The number of para-hydroxylation sites is 2. The Morgan fingerprint density at radius 1 is 0.587 bits per heavy atom. The first-order chi connectivity index (χ1) is 22.8. The molecule has 2 heterocycles.